The Labute approximate surface area is 156 Å². The first-order chi connectivity index (χ1) is 11.4. The summed E-state index contributed by atoms with van der Waals surface area (Å²) in [4.78, 5) is 2.46. The number of thioether (sulfide) groups is 1. The van der Waals surface area contributed by atoms with Gasteiger partial charge in [0, 0.05) is 24.5 Å². The second-order valence-corrected chi connectivity index (χ2v) is 10.4. The van der Waals surface area contributed by atoms with Crippen molar-refractivity contribution in [2.45, 2.75) is 21.9 Å². The molecular weight excluding hydrogens is 384 g/mol. The number of halogens is 1. The molecule has 0 aliphatic carbocycles. The smallest absolute Gasteiger partial charge is 0.238 e. The maximum Gasteiger partial charge on any atom is 0.238 e. The molecule has 4 nitrogen and oxygen atoms in total. The fraction of sp³-hybridized carbons (Fsp3) is 0.375. The van der Waals surface area contributed by atoms with Crippen LogP contribution in [-0.2, 0) is 10.0 Å². The first-order valence-corrected chi connectivity index (χ1v) is 11.4. The lowest BCUT2D eigenvalue weighted by Crippen LogP contribution is -2.34. The third-order valence-electron chi connectivity index (χ3n) is 4.15. The van der Waals surface area contributed by atoms with Crippen LogP contribution in [0, 0.1) is 5.92 Å². The molecule has 1 fully saturated rings. The fourth-order valence-electron chi connectivity index (χ4n) is 2.78. The van der Waals surface area contributed by atoms with Crippen molar-refractivity contribution >= 4 is 50.4 Å². The van der Waals surface area contributed by atoms with Crippen LogP contribution in [0.5, 0.6) is 0 Å². The molecule has 1 aliphatic heterocycles. The highest BCUT2D eigenvalue weighted by molar-refractivity contribution is 8.01. The van der Waals surface area contributed by atoms with Crippen molar-refractivity contribution in [2.75, 3.05) is 23.7 Å². The second-order valence-electron chi connectivity index (χ2n) is 5.84. The molecule has 0 saturated carbocycles. The Morgan fingerprint density at radius 3 is 2.38 bits per heavy atom. The van der Waals surface area contributed by atoms with E-state index in [0.717, 1.165) is 41.7 Å². The summed E-state index contributed by atoms with van der Waals surface area (Å²) in [6.07, 6.45) is 2.28. The lowest BCUT2D eigenvalue weighted by atomic mass is 9.98. The van der Waals surface area contributed by atoms with Gasteiger partial charge in [-0.15, -0.1) is 23.1 Å². The largest absolute Gasteiger partial charge is 0.372 e. The SMILES string of the molecule is NS(=O)(=O)c1ccc(N2CCC(CSc3ccc(Cl)s3)CC2)cc1. The van der Waals surface area contributed by atoms with E-state index in [4.69, 9.17) is 16.7 Å². The Morgan fingerprint density at radius 2 is 1.83 bits per heavy atom. The summed E-state index contributed by atoms with van der Waals surface area (Å²) < 4.78 is 24.7. The molecule has 0 spiro atoms. The summed E-state index contributed by atoms with van der Waals surface area (Å²) in [7, 11) is -3.62. The average molecular weight is 403 g/mol. The zero-order valence-corrected chi connectivity index (χ0v) is 16.2. The Bertz CT molecular complexity index is 782. The van der Waals surface area contributed by atoms with Crippen molar-refractivity contribution in [3.8, 4) is 0 Å². The molecule has 130 valence electrons. The number of sulfonamides is 1. The molecule has 0 amide bonds. The standard InChI is InChI=1S/C16H19ClN2O2S3/c17-15-5-6-16(23-15)22-11-12-7-9-19(10-8-12)13-1-3-14(4-2-13)24(18,20)21/h1-6,12H,7-11H2,(H2,18,20,21). The monoisotopic (exact) mass is 402 g/mol. The van der Waals surface area contributed by atoms with Crippen molar-refractivity contribution in [2.24, 2.45) is 11.1 Å². The van der Waals surface area contributed by atoms with Gasteiger partial charge in [-0.3, -0.25) is 0 Å². The highest BCUT2D eigenvalue weighted by Gasteiger charge is 2.20. The van der Waals surface area contributed by atoms with E-state index < -0.39 is 10.0 Å². The van der Waals surface area contributed by atoms with Gasteiger partial charge in [-0.1, -0.05) is 11.6 Å². The summed E-state index contributed by atoms with van der Waals surface area (Å²) in [6, 6.07) is 10.9. The number of primary sulfonamides is 1. The van der Waals surface area contributed by atoms with E-state index in [2.05, 4.69) is 11.0 Å². The van der Waals surface area contributed by atoms with Crippen LogP contribution >= 0.6 is 34.7 Å². The van der Waals surface area contributed by atoms with Crippen LogP contribution in [0.2, 0.25) is 4.34 Å². The first-order valence-electron chi connectivity index (χ1n) is 7.68. The molecule has 1 saturated heterocycles. The van der Waals surface area contributed by atoms with Gasteiger partial charge >= 0.3 is 0 Å². The molecule has 8 heteroatoms. The number of anilines is 1. The van der Waals surface area contributed by atoms with Crippen LogP contribution in [-0.4, -0.2) is 27.3 Å². The number of piperidine rings is 1. The third-order valence-corrected chi connectivity index (χ3v) is 7.77. The number of rotatable bonds is 5. The van der Waals surface area contributed by atoms with Gasteiger partial charge < -0.3 is 4.90 Å². The molecule has 1 aliphatic rings. The van der Waals surface area contributed by atoms with Gasteiger partial charge in [0.25, 0.3) is 0 Å². The Balaban J connectivity index is 1.51. The minimum absolute atomic E-state index is 0.159. The van der Waals surface area contributed by atoms with Crippen molar-refractivity contribution < 1.29 is 8.42 Å². The van der Waals surface area contributed by atoms with E-state index >= 15 is 0 Å². The fourth-order valence-corrected chi connectivity index (χ4v) is 5.82. The molecule has 0 unspecified atom stereocenters. The zero-order chi connectivity index (χ0) is 17.2. The summed E-state index contributed by atoms with van der Waals surface area (Å²) in [5, 5.41) is 5.14. The molecular formula is C16H19ClN2O2S3. The van der Waals surface area contributed by atoms with Gasteiger partial charge in [0.1, 0.15) is 0 Å². The summed E-state index contributed by atoms with van der Waals surface area (Å²) in [6.45, 7) is 1.98. The van der Waals surface area contributed by atoms with Crippen LogP contribution in [0.3, 0.4) is 0 Å². The van der Waals surface area contributed by atoms with Crippen molar-refractivity contribution in [3.05, 3.63) is 40.7 Å². The number of thiophene rings is 1. The quantitative estimate of drug-likeness (QED) is 0.766. The topological polar surface area (TPSA) is 63.4 Å². The van der Waals surface area contributed by atoms with Crippen LogP contribution in [0.25, 0.3) is 0 Å². The van der Waals surface area contributed by atoms with Crippen LogP contribution < -0.4 is 10.0 Å². The predicted molar refractivity (Wildman–Crippen MR) is 103 cm³/mol. The molecule has 0 bridgehead atoms. The molecule has 0 radical (unpaired) electrons. The van der Waals surface area contributed by atoms with E-state index in [1.807, 2.05) is 30.0 Å². The molecule has 2 N–H and O–H groups in total. The molecule has 1 aromatic carbocycles. The molecule has 1 aromatic heterocycles. The zero-order valence-electron chi connectivity index (χ0n) is 13.0. The molecule has 2 aromatic rings. The third kappa shape index (κ3) is 4.67. The van der Waals surface area contributed by atoms with E-state index in [0.29, 0.717) is 5.92 Å². The normalized spacial score (nSPS) is 16.5. The Hall–Kier alpha value is -0.730. The molecule has 24 heavy (non-hydrogen) atoms. The van der Waals surface area contributed by atoms with E-state index in [1.54, 1.807) is 23.5 Å². The number of benzene rings is 1. The van der Waals surface area contributed by atoms with Gasteiger partial charge in [0.15, 0.2) is 0 Å². The number of hydrogen-bond acceptors (Lipinski definition) is 5. The average Bonchev–Trinajstić information content (AvgIpc) is 2.98. The lowest BCUT2D eigenvalue weighted by Gasteiger charge is -2.33. The first kappa shape index (κ1) is 18.1. The highest BCUT2D eigenvalue weighted by Crippen LogP contribution is 2.34. The van der Waals surface area contributed by atoms with Gasteiger partial charge in [-0.2, -0.15) is 0 Å². The number of nitrogens with two attached hydrogens (primary N) is 1. The maximum absolute atomic E-state index is 11.3. The van der Waals surface area contributed by atoms with Crippen LogP contribution in [0.4, 0.5) is 5.69 Å². The van der Waals surface area contributed by atoms with Gasteiger partial charge in [-0.25, -0.2) is 13.6 Å². The number of nitrogens with zero attached hydrogens (tertiary/aromatic N) is 1. The van der Waals surface area contributed by atoms with E-state index in [9.17, 15) is 8.42 Å². The van der Waals surface area contributed by atoms with Gasteiger partial charge in [0.2, 0.25) is 10.0 Å². The van der Waals surface area contributed by atoms with Gasteiger partial charge in [0.05, 0.1) is 13.4 Å². The van der Waals surface area contributed by atoms with Gasteiger partial charge in [-0.05, 0) is 55.2 Å². The molecule has 3 rings (SSSR count). The van der Waals surface area contributed by atoms with Crippen molar-refractivity contribution in [1.29, 1.82) is 0 Å². The highest BCUT2D eigenvalue weighted by atomic mass is 35.5. The van der Waals surface area contributed by atoms with E-state index in [-0.39, 0.29) is 4.90 Å². The van der Waals surface area contributed by atoms with Crippen LogP contribution in [0.15, 0.2) is 45.5 Å². The Morgan fingerprint density at radius 1 is 1.17 bits per heavy atom. The minimum atomic E-state index is -3.62. The molecule has 0 atom stereocenters. The van der Waals surface area contributed by atoms with Crippen LogP contribution in [0.1, 0.15) is 12.8 Å². The summed E-state index contributed by atoms with van der Waals surface area (Å²) in [5.41, 5.74) is 1.05. The minimum Gasteiger partial charge on any atom is -0.372 e. The molecule has 2 heterocycles. The van der Waals surface area contributed by atoms with E-state index in [1.165, 1.54) is 4.21 Å². The summed E-state index contributed by atoms with van der Waals surface area (Å²) >= 11 is 9.48. The summed E-state index contributed by atoms with van der Waals surface area (Å²) in [5.74, 6) is 1.82. The Kier molecular flexibility index (Phi) is 5.77. The van der Waals surface area contributed by atoms with Crippen molar-refractivity contribution in [1.82, 2.24) is 0 Å². The maximum atomic E-state index is 11.3. The lowest BCUT2D eigenvalue weighted by molar-refractivity contribution is 0.445. The second kappa shape index (κ2) is 7.66. The predicted octanol–water partition coefficient (Wildman–Crippen LogP) is 4.06. The van der Waals surface area contributed by atoms with Crippen molar-refractivity contribution in [3.63, 3.8) is 0 Å². The number of hydrogen-bond donors (Lipinski definition) is 1.